The van der Waals surface area contributed by atoms with Crippen molar-refractivity contribution < 1.29 is 4.79 Å². The number of anilines is 1. The van der Waals surface area contributed by atoms with E-state index in [1.54, 1.807) is 6.33 Å². The van der Waals surface area contributed by atoms with Gasteiger partial charge in [-0.3, -0.25) is 4.79 Å². The number of aryl methyl sites for hydroxylation is 1. The molecule has 0 aromatic carbocycles. The smallest absolute Gasteiger partial charge is 0.227 e. The highest BCUT2D eigenvalue weighted by Crippen LogP contribution is 2.32. The van der Waals surface area contributed by atoms with Gasteiger partial charge in [0.05, 0.1) is 5.92 Å². The third-order valence-corrected chi connectivity index (χ3v) is 7.08. The quantitative estimate of drug-likeness (QED) is 0.818. The lowest BCUT2D eigenvalue weighted by Gasteiger charge is -2.29. The van der Waals surface area contributed by atoms with E-state index in [1.807, 2.05) is 11.3 Å². The highest BCUT2D eigenvalue weighted by atomic mass is 32.1. The van der Waals surface area contributed by atoms with E-state index >= 15 is 0 Å². The zero-order valence-corrected chi connectivity index (χ0v) is 15.8. The van der Waals surface area contributed by atoms with E-state index in [0.29, 0.717) is 5.91 Å². The average Bonchev–Trinajstić information content (AvgIpc) is 3.36. The molecule has 1 aliphatic carbocycles. The van der Waals surface area contributed by atoms with Gasteiger partial charge in [0.25, 0.3) is 0 Å². The van der Waals surface area contributed by atoms with E-state index in [1.165, 1.54) is 34.5 Å². The van der Waals surface area contributed by atoms with E-state index in [9.17, 15) is 4.79 Å². The number of carbonyl (C=O) groups is 1. The Morgan fingerprint density at radius 3 is 3.04 bits per heavy atom. The minimum atomic E-state index is 0.101. The molecule has 5 nitrogen and oxygen atoms in total. The van der Waals surface area contributed by atoms with E-state index in [4.69, 9.17) is 0 Å². The predicted molar refractivity (Wildman–Crippen MR) is 102 cm³/mol. The summed E-state index contributed by atoms with van der Waals surface area (Å²) in [5, 5.41) is 2.15. The van der Waals surface area contributed by atoms with Gasteiger partial charge in [-0.05, 0) is 55.5 Å². The number of thiophene rings is 1. The molecule has 4 heterocycles. The van der Waals surface area contributed by atoms with Crippen molar-refractivity contribution in [3.63, 3.8) is 0 Å². The fraction of sp³-hybridized carbons (Fsp3) is 0.550. The van der Waals surface area contributed by atoms with Crippen LogP contribution in [0.4, 0.5) is 5.82 Å². The fourth-order valence-corrected chi connectivity index (χ4v) is 5.52. The molecule has 2 aliphatic heterocycles. The van der Waals surface area contributed by atoms with Crippen molar-refractivity contribution in [3.05, 3.63) is 39.5 Å². The van der Waals surface area contributed by atoms with Crippen molar-refractivity contribution in [2.24, 2.45) is 5.92 Å². The Morgan fingerprint density at radius 1 is 1.15 bits per heavy atom. The number of hydrogen-bond donors (Lipinski definition) is 0. The highest BCUT2D eigenvalue weighted by molar-refractivity contribution is 7.10. The van der Waals surface area contributed by atoms with Gasteiger partial charge in [0, 0.05) is 42.3 Å². The van der Waals surface area contributed by atoms with Crippen LogP contribution >= 0.6 is 11.3 Å². The van der Waals surface area contributed by atoms with Crippen LogP contribution in [0, 0.1) is 5.92 Å². The van der Waals surface area contributed by atoms with Crippen LogP contribution in [0.25, 0.3) is 0 Å². The minimum Gasteiger partial charge on any atom is -0.355 e. The van der Waals surface area contributed by atoms with Gasteiger partial charge in [-0.1, -0.05) is 0 Å². The number of fused-ring (bicyclic) bond motifs is 2. The monoisotopic (exact) mass is 368 g/mol. The second kappa shape index (κ2) is 6.65. The van der Waals surface area contributed by atoms with Crippen molar-refractivity contribution in [3.8, 4) is 0 Å². The van der Waals surface area contributed by atoms with Gasteiger partial charge in [-0.2, -0.15) is 0 Å². The molecule has 0 bridgehead atoms. The molecule has 1 atom stereocenters. The van der Waals surface area contributed by atoms with E-state index in [2.05, 4.69) is 31.2 Å². The second-order valence-electron chi connectivity index (χ2n) is 7.64. The molecule has 1 unspecified atom stereocenters. The van der Waals surface area contributed by atoms with Crippen LogP contribution in [0.1, 0.15) is 41.0 Å². The van der Waals surface area contributed by atoms with Crippen LogP contribution in [0.5, 0.6) is 0 Å². The normalized spacial score (nSPS) is 22.2. The Morgan fingerprint density at radius 2 is 2.08 bits per heavy atom. The van der Waals surface area contributed by atoms with Gasteiger partial charge >= 0.3 is 0 Å². The molecule has 0 radical (unpaired) electrons. The molecule has 2 aromatic heterocycles. The summed E-state index contributed by atoms with van der Waals surface area (Å²) in [5.74, 6) is 1.51. The fourth-order valence-electron chi connectivity index (χ4n) is 4.63. The first kappa shape index (κ1) is 16.2. The maximum absolute atomic E-state index is 13.1. The summed E-state index contributed by atoms with van der Waals surface area (Å²) < 4.78 is 0. The molecule has 6 heteroatoms. The van der Waals surface area contributed by atoms with Crippen LogP contribution in [-0.2, 0) is 30.6 Å². The van der Waals surface area contributed by atoms with E-state index < -0.39 is 0 Å². The largest absolute Gasteiger partial charge is 0.355 e. The third-order valence-electron chi connectivity index (χ3n) is 6.06. The van der Waals surface area contributed by atoms with E-state index in [-0.39, 0.29) is 5.92 Å². The number of rotatable bonds is 2. The molecule has 2 aromatic rings. The Hall–Kier alpha value is -1.95. The lowest BCUT2D eigenvalue weighted by atomic mass is 9.96. The van der Waals surface area contributed by atoms with Crippen molar-refractivity contribution in [1.82, 2.24) is 14.9 Å². The molecular weight excluding hydrogens is 344 g/mol. The number of hydrogen-bond acceptors (Lipinski definition) is 5. The zero-order chi connectivity index (χ0) is 17.5. The van der Waals surface area contributed by atoms with Gasteiger partial charge in [0.2, 0.25) is 5.91 Å². The standard InChI is InChI=1S/C20H24N4OS/c25-20(24-9-6-18-14(11-24)7-10-26-18)15-5-8-23(12-15)19-16-3-1-2-4-17(16)21-13-22-19/h7,10,13,15H,1-6,8-9,11-12H2. The van der Waals surface area contributed by atoms with Crippen LogP contribution in [0.15, 0.2) is 17.8 Å². The lowest BCUT2D eigenvalue weighted by molar-refractivity contribution is -0.135. The maximum atomic E-state index is 13.1. The molecule has 1 fully saturated rings. The molecule has 3 aliphatic rings. The van der Waals surface area contributed by atoms with E-state index in [0.717, 1.165) is 57.7 Å². The Labute approximate surface area is 158 Å². The first-order valence-electron chi connectivity index (χ1n) is 9.71. The number of amides is 1. The Bertz CT molecular complexity index is 833. The number of nitrogens with zero attached hydrogens (tertiary/aromatic N) is 4. The predicted octanol–water partition coefficient (Wildman–Crippen LogP) is 2.83. The molecule has 0 saturated carbocycles. The third kappa shape index (κ3) is 2.80. The molecule has 1 saturated heterocycles. The summed E-state index contributed by atoms with van der Waals surface area (Å²) in [4.78, 5) is 28.0. The average molecular weight is 369 g/mol. The summed E-state index contributed by atoms with van der Waals surface area (Å²) in [5.41, 5.74) is 3.89. The van der Waals surface area contributed by atoms with Crippen molar-refractivity contribution in [2.75, 3.05) is 24.5 Å². The van der Waals surface area contributed by atoms with Gasteiger partial charge in [0.15, 0.2) is 0 Å². The van der Waals surface area contributed by atoms with Crippen molar-refractivity contribution in [2.45, 2.75) is 45.1 Å². The molecule has 0 spiro atoms. The summed E-state index contributed by atoms with van der Waals surface area (Å²) in [6.45, 7) is 3.38. The Balaban J connectivity index is 1.30. The SMILES string of the molecule is O=C(C1CCN(c2ncnc3c2CCCC3)C1)N1CCc2sccc2C1. The maximum Gasteiger partial charge on any atom is 0.227 e. The van der Waals surface area contributed by atoms with Gasteiger partial charge in [-0.25, -0.2) is 9.97 Å². The second-order valence-corrected chi connectivity index (χ2v) is 8.64. The highest BCUT2D eigenvalue weighted by Gasteiger charge is 2.34. The van der Waals surface area contributed by atoms with Crippen LogP contribution in [-0.4, -0.2) is 40.4 Å². The topological polar surface area (TPSA) is 49.3 Å². The Kier molecular flexibility index (Phi) is 4.15. The van der Waals surface area contributed by atoms with Crippen LogP contribution in [0.2, 0.25) is 0 Å². The molecule has 136 valence electrons. The minimum absolute atomic E-state index is 0.101. The van der Waals surface area contributed by atoms with Crippen LogP contribution in [0.3, 0.4) is 0 Å². The van der Waals surface area contributed by atoms with Crippen molar-refractivity contribution in [1.29, 1.82) is 0 Å². The molecule has 1 amide bonds. The number of aromatic nitrogens is 2. The first-order valence-corrected chi connectivity index (χ1v) is 10.6. The summed E-state index contributed by atoms with van der Waals surface area (Å²) in [6, 6.07) is 2.17. The molecule has 5 rings (SSSR count). The summed E-state index contributed by atoms with van der Waals surface area (Å²) in [6.07, 6.45) is 8.24. The molecule has 26 heavy (non-hydrogen) atoms. The van der Waals surface area contributed by atoms with Gasteiger partial charge in [0.1, 0.15) is 12.1 Å². The van der Waals surface area contributed by atoms with Gasteiger partial charge < -0.3 is 9.80 Å². The first-order chi connectivity index (χ1) is 12.8. The molecular formula is C20H24N4OS. The molecule has 0 N–H and O–H groups in total. The van der Waals surface area contributed by atoms with Crippen LogP contribution < -0.4 is 4.90 Å². The zero-order valence-electron chi connectivity index (χ0n) is 15.0. The van der Waals surface area contributed by atoms with Gasteiger partial charge in [-0.15, -0.1) is 11.3 Å². The van der Waals surface area contributed by atoms with Crippen molar-refractivity contribution >= 4 is 23.1 Å². The number of carbonyl (C=O) groups excluding carboxylic acids is 1. The lowest BCUT2D eigenvalue weighted by Crippen LogP contribution is -2.40. The summed E-state index contributed by atoms with van der Waals surface area (Å²) in [7, 11) is 0. The summed E-state index contributed by atoms with van der Waals surface area (Å²) >= 11 is 1.82.